The Bertz CT molecular complexity index is 675. The minimum absolute atomic E-state index is 0.0323. The maximum atomic E-state index is 9.28. The average molecular weight is 342 g/mol. The highest BCUT2D eigenvalue weighted by molar-refractivity contribution is 5.68. The van der Waals surface area contributed by atoms with E-state index in [9.17, 15) is 10.2 Å². The van der Waals surface area contributed by atoms with E-state index in [-0.39, 0.29) is 19.1 Å². The Kier molecular flexibility index (Phi) is 7.63. The first kappa shape index (κ1) is 19.6. The van der Waals surface area contributed by atoms with Crippen molar-refractivity contribution in [1.82, 2.24) is 0 Å². The summed E-state index contributed by atoms with van der Waals surface area (Å²) in [5.74, 6) is -0.0469. The topological polar surface area (TPSA) is 49.7 Å². The standard InChI is InChI=1S/C22H30O3/c1-16-4-9-22(17(2)12-16)21-8-7-19(6-5-18(14-23)15-24)20(13-21)10-11-25-3/h4,7-9,12-13,18,23-24H,5-6,10-11,14-15H2,1-3H3. The van der Waals surface area contributed by atoms with Crippen LogP contribution in [0.25, 0.3) is 11.1 Å². The minimum atomic E-state index is -0.0469. The number of aryl methyl sites for hydroxylation is 3. The van der Waals surface area contributed by atoms with Crippen molar-refractivity contribution in [3.63, 3.8) is 0 Å². The van der Waals surface area contributed by atoms with Crippen LogP contribution in [0.1, 0.15) is 28.7 Å². The molecule has 0 aliphatic heterocycles. The summed E-state index contributed by atoms with van der Waals surface area (Å²) < 4.78 is 5.27. The Labute approximate surface area is 151 Å². The molecule has 0 saturated heterocycles. The summed E-state index contributed by atoms with van der Waals surface area (Å²) in [6.07, 6.45) is 2.52. The predicted molar refractivity (Wildman–Crippen MR) is 103 cm³/mol. The molecule has 2 aromatic carbocycles. The van der Waals surface area contributed by atoms with Gasteiger partial charge >= 0.3 is 0 Å². The van der Waals surface area contributed by atoms with Crippen molar-refractivity contribution < 1.29 is 14.9 Å². The van der Waals surface area contributed by atoms with Gasteiger partial charge in [-0.05, 0) is 60.9 Å². The van der Waals surface area contributed by atoms with Crippen molar-refractivity contribution in [2.24, 2.45) is 5.92 Å². The number of ether oxygens (including phenoxy) is 1. The van der Waals surface area contributed by atoms with E-state index < -0.39 is 0 Å². The lowest BCUT2D eigenvalue weighted by Gasteiger charge is -2.16. The molecule has 25 heavy (non-hydrogen) atoms. The van der Waals surface area contributed by atoms with E-state index in [1.807, 2.05) is 0 Å². The molecule has 2 aromatic rings. The van der Waals surface area contributed by atoms with Crippen LogP contribution in [-0.4, -0.2) is 37.1 Å². The van der Waals surface area contributed by atoms with Crippen LogP contribution in [0.4, 0.5) is 0 Å². The molecule has 136 valence electrons. The number of hydrogen-bond acceptors (Lipinski definition) is 3. The van der Waals surface area contributed by atoms with Crippen LogP contribution < -0.4 is 0 Å². The van der Waals surface area contributed by atoms with E-state index in [4.69, 9.17) is 4.74 Å². The van der Waals surface area contributed by atoms with Gasteiger partial charge in [0.05, 0.1) is 6.61 Å². The van der Waals surface area contributed by atoms with Crippen LogP contribution >= 0.6 is 0 Å². The van der Waals surface area contributed by atoms with Crippen molar-refractivity contribution in [2.75, 3.05) is 26.9 Å². The molecular weight excluding hydrogens is 312 g/mol. The maximum absolute atomic E-state index is 9.28. The van der Waals surface area contributed by atoms with Crippen molar-refractivity contribution in [3.05, 3.63) is 58.7 Å². The van der Waals surface area contributed by atoms with Crippen molar-refractivity contribution >= 4 is 0 Å². The highest BCUT2D eigenvalue weighted by Gasteiger charge is 2.11. The van der Waals surface area contributed by atoms with Gasteiger partial charge in [0.25, 0.3) is 0 Å². The van der Waals surface area contributed by atoms with E-state index in [1.165, 1.54) is 33.4 Å². The number of aliphatic hydroxyl groups is 2. The lowest BCUT2D eigenvalue weighted by molar-refractivity contribution is 0.144. The molecule has 0 aromatic heterocycles. The number of aliphatic hydroxyl groups excluding tert-OH is 2. The molecule has 2 rings (SSSR count). The third-order valence-corrected chi connectivity index (χ3v) is 4.81. The molecule has 0 spiro atoms. The molecule has 0 atom stereocenters. The molecule has 0 bridgehead atoms. The van der Waals surface area contributed by atoms with Crippen LogP contribution in [0.2, 0.25) is 0 Å². The van der Waals surface area contributed by atoms with Crippen LogP contribution in [0.3, 0.4) is 0 Å². The van der Waals surface area contributed by atoms with E-state index in [2.05, 4.69) is 50.2 Å². The normalized spacial score (nSPS) is 11.3. The van der Waals surface area contributed by atoms with E-state index in [0.717, 1.165) is 19.3 Å². The minimum Gasteiger partial charge on any atom is -0.396 e. The second-order valence-corrected chi connectivity index (χ2v) is 6.81. The molecule has 0 radical (unpaired) electrons. The smallest absolute Gasteiger partial charge is 0.0502 e. The lowest BCUT2D eigenvalue weighted by atomic mass is 9.91. The molecule has 0 unspecified atom stereocenters. The second-order valence-electron chi connectivity index (χ2n) is 6.81. The van der Waals surface area contributed by atoms with Gasteiger partial charge in [-0.3, -0.25) is 0 Å². The van der Waals surface area contributed by atoms with E-state index >= 15 is 0 Å². The summed E-state index contributed by atoms with van der Waals surface area (Å²) in [6.45, 7) is 5.02. The SMILES string of the molecule is COCCc1cc(-c2ccc(C)cc2C)ccc1CCC(CO)CO. The molecule has 2 N–H and O–H groups in total. The fraction of sp³-hybridized carbons (Fsp3) is 0.455. The molecule has 3 heteroatoms. The molecular formula is C22H30O3. The van der Waals surface area contributed by atoms with Gasteiger partial charge < -0.3 is 14.9 Å². The summed E-state index contributed by atoms with van der Waals surface area (Å²) in [7, 11) is 1.72. The Morgan fingerprint density at radius 3 is 2.32 bits per heavy atom. The summed E-state index contributed by atoms with van der Waals surface area (Å²) in [5.41, 5.74) is 7.61. The second kappa shape index (κ2) is 9.71. The summed E-state index contributed by atoms with van der Waals surface area (Å²) >= 11 is 0. The fourth-order valence-corrected chi connectivity index (χ4v) is 3.22. The molecule has 0 saturated carbocycles. The van der Waals surface area contributed by atoms with E-state index in [1.54, 1.807) is 7.11 Å². The molecule has 0 amide bonds. The highest BCUT2D eigenvalue weighted by atomic mass is 16.5. The average Bonchev–Trinajstić information content (AvgIpc) is 2.61. The van der Waals surface area contributed by atoms with Crippen molar-refractivity contribution in [2.45, 2.75) is 33.1 Å². The third kappa shape index (κ3) is 5.40. The Balaban J connectivity index is 2.29. The summed E-state index contributed by atoms with van der Waals surface area (Å²) in [5, 5.41) is 18.6. The van der Waals surface area contributed by atoms with Gasteiger partial charge in [0.1, 0.15) is 0 Å². The van der Waals surface area contributed by atoms with Crippen LogP contribution in [0.15, 0.2) is 36.4 Å². The quantitative estimate of drug-likeness (QED) is 0.731. The zero-order chi connectivity index (χ0) is 18.2. The first-order valence-electron chi connectivity index (χ1n) is 8.99. The summed E-state index contributed by atoms with van der Waals surface area (Å²) in [6, 6.07) is 13.2. The number of hydrogen-bond donors (Lipinski definition) is 2. The van der Waals surface area contributed by atoms with E-state index in [0.29, 0.717) is 6.61 Å². The first-order valence-corrected chi connectivity index (χ1v) is 8.99. The summed E-state index contributed by atoms with van der Waals surface area (Å²) in [4.78, 5) is 0. The number of benzene rings is 2. The zero-order valence-electron chi connectivity index (χ0n) is 15.6. The van der Waals surface area contributed by atoms with Gasteiger partial charge in [0.15, 0.2) is 0 Å². The van der Waals surface area contributed by atoms with Crippen molar-refractivity contribution in [1.29, 1.82) is 0 Å². The van der Waals surface area contributed by atoms with Gasteiger partial charge in [-0.15, -0.1) is 0 Å². The number of methoxy groups -OCH3 is 1. The predicted octanol–water partition coefficient (Wildman–Crippen LogP) is 3.69. The van der Waals surface area contributed by atoms with Gasteiger partial charge in [0, 0.05) is 26.2 Å². The maximum Gasteiger partial charge on any atom is 0.0502 e. The van der Waals surface area contributed by atoms with Crippen LogP contribution in [0.5, 0.6) is 0 Å². The first-order chi connectivity index (χ1) is 12.1. The monoisotopic (exact) mass is 342 g/mol. The molecule has 0 heterocycles. The van der Waals surface area contributed by atoms with Crippen molar-refractivity contribution in [3.8, 4) is 11.1 Å². The fourth-order valence-electron chi connectivity index (χ4n) is 3.22. The molecule has 0 aliphatic carbocycles. The lowest BCUT2D eigenvalue weighted by Crippen LogP contribution is -2.12. The largest absolute Gasteiger partial charge is 0.396 e. The molecule has 3 nitrogen and oxygen atoms in total. The Morgan fingerprint density at radius 2 is 1.68 bits per heavy atom. The Morgan fingerprint density at radius 1 is 0.920 bits per heavy atom. The third-order valence-electron chi connectivity index (χ3n) is 4.81. The molecule has 0 aliphatic rings. The van der Waals surface area contributed by atoms with Crippen LogP contribution in [-0.2, 0) is 17.6 Å². The number of rotatable bonds is 9. The van der Waals surface area contributed by atoms with Gasteiger partial charge in [-0.2, -0.15) is 0 Å². The van der Waals surface area contributed by atoms with Gasteiger partial charge in [-0.25, -0.2) is 0 Å². The van der Waals surface area contributed by atoms with Gasteiger partial charge in [0.2, 0.25) is 0 Å². The molecule has 0 fully saturated rings. The Hall–Kier alpha value is -1.68. The van der Waals surface area contributed by atoms with Gasteiger partial charge in [-0.1, -0.05) is 42.0 Å². The van der Waals surface area contributed by atoms with Crippen LogP contribution in [0, 0.1) is 19.8 Å². The highest BCUT2D eigenvalue weighted by Crippen LogP contribution is 2.27. The zero-order valence-corrected chi connectivity index (χ0v) is 15.6.